The number of halogens is 3. The van der Waals surface area contributed by atoms with Gasteiger partial charge in [-0.1, -0.05) is 146 Å². The lowest BCUT2D eigenvalue weighted by Gasteiger charge is -2.17. The zero-order valence-electron chi connectivity index (χ0n) is 31.5. The molecule has 59 heavy (non-hydrogen) atoms. The highest BCUT2D eigenvalue weighted by molar-refractivity contribution is 6.12. The predicted octanol–water partition coefficient (Wildman–Crippen LogP) is 14.0. The summed E-state index contributed by atoms with van der Waals surface area (Å²) in [6, 6.07) is 64.3. The Morgan fingerprint density at radius 1 is 0.339 bits per heavy atom. The van der Waals surface area contributed by atoms with Gasteiger partial charge in [-0.25, -0.2) is 15.0 Å². The van der Waals surface area contributed by atoms with Crippen molar-refractivity contribution in [3.8, 4) is 73.2 Å². The number of rotatable bonds is 7. The van der Waals surface area contributed by atoms with Crippen LogP contribution in [-0.2, 0) is 6.18 Å². The smallest absolute Gasteiger partial charge is 0.309 e. The van der Waals surface area contributed by atoms with Crippen molar-refractivity contribution >= 4 is 21.8 Å². The molecule has 282 valence electrons. The van der Waals surface area contributed by atoms with E-state index in [0.717, 1.165) is 78.6 Å². The van der Waals surface area contributed by atoms with E-state index in [0.29, 0.717) is 28.6 Å². The highest BCUT2D eigenvalue weighted by atomic mass is 19.4. The van der Waals surface area contributed by atoms with Gasteiger partial charge in [-0.15, -0.1) is 0 Å². The molecule has 0 aliphatic carbocycles. The topological polar surface area (TPSA) is 43.6 Å². The Labute approximate surface area is 338 Å². The SMILES string of the molecule is FC(F)(F)c1ccc(-c2cc(-c3nc(-c4ccccc4)nc(-c4ccccc4)n3)ccc2-n2c3ccc(-c4ccccc4)cc3c3cc(-c4ccccc4)ccc32)cc1. The third-order valence-electron chi connectivity index (χ3n) is 10.7. The molecule has 0 spiro atoms. The minimum absolute atomic E-state index is 0.444. The first-order valence-electron chi connectivity index (χ1n) is 19.3. The normalized spacial score (nSPS) is 11.6. The van der Waals surface area contributed by atoms with Gasteiger partial charge < -0.3 is 4.57 Å². The summed E-state index contributed by atoms with van der Waals surface area (Å²) in [5, 5.41) is 2.11. The van der Waals surface area contributed by atoms with Crippen LogP contribution in [0.5, 0.6) is 0 Å². The van der Waals surface area contributed by atoms with Crippen LogP contribution < -0.4 is 0 Å². The van der Waals surface area contributed by atoms with Crippen molar-refractivity contribution in [2.75, 3.05) is 0 Å². The molecular formula is C52H33F3N4. The average molecular weight is 771 g/mol. The van der Waals surface area contributed by atoms with Crippen molar-refractivity contribution in [1.82, 2.24) is 19.5 Å². The van der Waals surface area contributed by atoms with E-state index < -0.39 is 11.7 Å². The molecule has 4 nitrogen and oxygen atoms in total. The summed E-state index contributed by atoms with van der Waals surface area (Å²) < 4.78 is 43.9. The maximum atomic E-state index is 13.9. The van der Waals surface area contributed by atoms with E-state index in [9.17, 15) is 13.2 Å². The van der Waals surface area contributed by atoms with E-state index in [4.69, 9.17) is 15.0 Å². The minimum atomic E-state index is -4.48. The Morgan fingerprint density at radius 3 is 1.17 bits per heavy atom. The maximum absolute atomic E-state index is 13.9. The minimum Gasteiger partial charge on any atom is -0.309 e. The van der Waals surface area contributed by atoms with E-state index in [1.165, 1.54) is 0 Å². The van der Waals surface area contributed by atoms with Gasteiger partial charge >= 0.3 is 6.18 Å². The van der Waals surface area contributed by atoms with Crippen LogP contribution in [0, 0.1) is 0 Å². The Kier molecular flexibility index (Phi) is 8.91. The van der Waals surface area contributed by atoms with Crippen molar-refractivity contribution in [1.29, 1.82) is 0 Å². The number of hydrogen-bond donors (Lipinski definition) is 0. The Bertz CT molecular complexity index is 2950. The molecule has 0 bridgehead atoms. The second-order valence-corrected chi connectivity index (χ2v) is 14.4. The Hall–Kier alpha value is -7.64. The van der Waals surface area contributed by atoms with Crippen LogP contribution in [-0.4, -0.2) is 19.5 Å². The fourth-order valence-corrected chi connectivity index (χ4v) is 7.78. The summed E-state index contributed by atoms with van der Waals surface area (Å²) in [6.07, 6.45) is -4.48. The van der Waals surface area contributed by atoms with Gasteiger partial charge in [0.25, 0.3) is 0 Å². The lowest BCUT2D eigenvalue weighted by molar-refractivity contribution is -0.137. The third-order valence-corrected chi connectivity index (χ3v) is 10.7. The molecule has 10 rings (SSSR count). The van der Waals surface area contributed by atoms with E-state index in [1.807, 2.05) is 115 Å². The summed E-state index contributed by atoms with van der Waals surface area (Å²) in [6.45, 7) is 0. The van der Waals surface area contributed by atoms with Gasteiger partial charge in [0.05, 0.1) is 22.3 Å². The zero-order chi connectivity index (χ0) is 39.9. The highest BCUT2D eigenvalue weighted by Crippen LogP contribution is 2.41. The number of nitrogens with zero attached hydrogens (tertiary/aromatic N) is 4. The number of aromatic nitrogens is 4. The van der Waals surface area contributed by atoms with Crippen molar-refractivity contribution in [2.45, 2.75) is 6.18 Å². The summed E-state index contributed by atoms with van der Waals surface area (Å²) in [7, 11) is 0. The van der Waals surface area contributed by atoms with Gasteiger partial charge in [0.2, 0.25) is 0 Å². The van der Waals surface area contributed by atoms with Crippen LogP contribution in [0.25, 0.3) is 95.0 Å². The molecule has 0 atom stereocenters. The van der Waals surface area contributed by atoms with Gasteiger partial charge in [-0.3, -0.25) is 0 Å². The van der Waals surface area contributed by atoms with E-state index >= 15 is 0 Å². The van der Waals surface area contributed by atoms with Crippen LogP contribution in [0.1, 0.15) is 5.56 Å². The molecule has 2 heterocycles. The zero-order valence-corrected chi connectivity index (χ0v) is 31.5. The molecule has 0 amide bonds. The van der Waals surface area contributed by atoms with Gasteiger partial charge in [-0.05, 0) is 82.4 Å². The number of hydrogen-bond acceptors (Lipinski definition) is 3. The molecule has 0 aliphatic heterocycles. The molecule has 8 aromatic carbocycles. The molecule has 0 aliphatic rings. The number of alkyl halides is 3. The molecule has 0 N–H and O–H groups in total. The van der Waals surface area contributed by atoms with Gasteiger partial charge in [-0.2, -0.15) is 13.2 Å². The van der Waals surface area contributed by atoms with Crippen LogP contribution in [0.3, 0.4) is 0 Å². The van der Waals surface area contributed by atoms with Crippen LogP contribution in [0.4, 0.5) is 13.2 Å². The average Bonchev–Trinajstić information content (AvgIpc) is 3.62. The summed E-state index contributed by atoms with van der Waals surface area (Å²) >= 11 is 0. The van der Waals surface area contributed by atoms with Crippen LogP contribution >= 0.6 is 0 Å². The van der Waals surface area contributed by atoms with Gasteiger partial charge in [0.15, 0.2) is 17.5 Å². The fraction of sp³-hybridized carbons (Fsp3) is 0.0192. The molecule has 0 saturated carbocycles. The molecule has 7 heteroatoms. The Morgan fingerprint density at radius 2 is 0.729 bits per heavy atom. The first-order chi connectivity index (χ1) is 28.9. The first kappa shape index (κ1) is 35.8. The van der Waals surface area contributed by atoms with E-state index in [1.54, 1.807) is 12.1 Å². The third kappa shape index (κ3) is 6.83. The van der Waals surface area contributed by atoms with Gasteiger partial charge in [0.1, 0.15) is 0 Å². The van der Waals surface area contributed by atoms with Crippen LogP contribution in [0.2, 0.25) is 0 Å². The Balaban J connectivity index is 1.23. The fourth-order valence-electron chi connectivity index (χ4n) is 7.78. The van der Waals surface area contributed by atoms with Crippen molar-refractivity contribution in [2.24, 2.45) is 0 Å². The highest BCUT2D eigenvalue weighted by Gasteiger charge is 2.30. The largest absolute Gasteiger partial charge is 0.416 e. The molecule has 0 unspecified atom stereocenters. The second-order valence-electron chi connectivity index (χ2n) is 14.4. The maximum Gasteiger partial charge on any atom is 0.416 e. The summed E-state index contributed by atoms with van der Waals surface area (Å²) in [4.78, 5) is 14.8. The molecule has 0 saturated heterocycles. The lowest BCUT2D eigenvalue weighted by Crippen LogP contribution is -2.04. The monoisotopic (exact) mass is 770 g/mol. The quantitative estimate of drug-likeness (QED) is 0.162. The van der Waals surface area contributed by atoms with Gasteiger partial charge in [0, 0.05) is 33.0 Å². The predicted molar refractivity (Wildman–Crippen MR) is 232 cm³/mol. The van der Waals surface area contributed by atoms with E-state index in [-0.39, 0.29) is 0 Å². The molecule has 0 fully saturated rings. The summed E-state index contributed by atoms with van der Waals surface area (Å²) in [5.41, 5.74) is 10.1. The van der Waals surface area contributed by atoms with Crippen molar-refractivity contribution in [3.63, 3.8) is 0 Å². The summed E-state index contributed by atoms with van der Waals surface area (Å²) in [5.74, 6) is 1.47. The van der Waals surface area contributed by atoms with Crippen LogP contribution in [0.15, 0.2) is 200 Å². The number of benzene rings is 8. The molecule has 10 aromatic rings. The first-order valence-corrected chi connectivity index (χ1v) is 19.3. The standard InChI is InChI=1S/C52H33F3N4/c53-52(54,55)42-26-21-36(22-27-42)43-33-41(51-57-49(37-17-9-3-10-18-37)56-50(58-51)38-19-11-4-12-20-38)25-30-46(43)59-47-28-23-39(34-13-5-1-6-14-34)31-44(47)45-32-40(24-29-48(45)59)35-15-7-2-8-16-35/h1-33H. The van der Waals surface area contributed by atoms with Crippen molar-refractivity contribution in [3.05, 3.63) is 206 Å². The molecular weight excluding hydrogens is 738 g/mol. The van der Waals surface area contributed by atoms with Crippen molar-refractivity contribution < 1.29 is 13.2 Å². The van der Waals surface area contributed by atoms with E-state index in [2.05, 4.69) is 65.2 Å². The number of fused-ring (bicyclic) bond motifs is 3. The molecule has 0 radical (unpaired) electrons. The molecule has 2 aromatic heterocycles. The second kappa shape index (κ2) is 14.7. The lowest BCUT2D eigenvalue weighted by atomic mass is 9.98.